The second kappa shape index (κ2) is 9.30. The third kappa shape index (κ3) is 4.48. The summed E-state index contributed by atoms with van der Waals surface area (Å²) in [7, 11) is 0. The largest absolute Gasteiger partial charge is 0.324 e. The summed E-state index contributed by atoms with van der Waals surface area (Å²) in [5, 5.41) is 12.7. The van der Waals surface area contributed by atoms with E-state index in [9.17, 15) is 4.79 Å². The standard InChI is InChI=1S/C21H15Cl2N5OS/c22-16-9-4-10-17(19(16)23)25-18(29)13-30-21-27-26-20(14-6-5-11-24-12-14)28(21)15-7-2-1-3-8-15/h1-12H,13H2,(H,25,29). The maximum atomic E-state index is 12.5. The molecule has 6 nitrogen and oxygen atoms in total. The summed E-state index contributed by atoms with van der Waals surface area (Å²) < 4.78 is 1.90. The van der Waals surface area contributed by atoms with Crippen molar-refractivity contribution in [1.82, 2.24) is 19.7 Å². The predicted octanol–water partition coefficient (Wildman–Crippen LogP) is 5.37. The number of amides is 1. The number of para-hydroxylation sites is 1. The third-order valence-corrected chi connectivity index (χ3v) is 5.87. The number of carbonyl (C=O) groups is 1. The van der Waals surface area contributed by atoms with E-state index in [0.717, 1.165) is 11.3 Å². The van der Waals surface area contributed by atoms with Gasteiger partial charge in [-0.3, -0.25) is 14.3 Å². The molecule has 0 unspecified atom stereocenters. The van der Waals surface area contributed by atoms with Gasteiger partial charge in [0, 0.05) is 23.6 Å². The Kier molecular flexibility index (Phi) is 6.32. The number of carbonyl (C=O) groups excluding carboxylic acids is 1. The number of nitrogens with zero attached hydrogens (tertiary/aromatic N) is 4. The predicted molar refractivity (Wildman–Crippen MR) is 120 cm³/mol. The van der Waals surface area contributed by atoms with Crippen molar-refractivity contribution in [2.45, 2.75) is 5.16 Å². The zero-order chi connectivity index (χ0) is 20.9. The van der Waals surface area contributed by atoms with E-state index < -0.39 is 0 Å². The lowest BCUT2D eigenvalue weighted by Crippen LogP contribution is -2.15. The molecule has 1 N–H and O–H groups in total. The van der Waals surface area contributed by atoms with Gasteiger partial charge in [-0.25, -0.2) is 0 Å². The number of nitrogens with one attached hydrogen (secondary N) is 1. The van der Waals surface area contributed by atoms with Crippen LogP contribution in [0.3, 0.4) is 0 Å². The number of rotatable bonds is 6. The first-order valence-electron chi connectivity index (χ1n) is 8.91. The van der Waals surface area contributed by atoms with Crippen LogP contribution >= 0.6 is 35.0 Å². The molecule has 0 saturated heterocycles. The minimum absolute atomic E-state index is 0.126. The van der Waals surface area contributed by atoms with E-state index in [1.807, 2.05) is 47.0 Å². The molecule has 4 rings (SSSR count). The minimum Gasteiger partial charge on any atom is -0.324 e. The van der Waals surface area contributed by atoms with Crippen LogP contribution in [0, 0.1) is 0 Å². The first-order chi connectivity index (χ1) is 14.6. The topological polar surface area (TPSA) is 72.7 Å². The Hall–Kier alpha value is -2.87. The molecule has 30 heavy (non-hydrogen) atoms. The van der Waals surface area contributed by atoms with Gasteiger partial charge in [0.25, 0.3) is 0 Å². The molecule has 0 spiro atoms. The van der Waals surface area contributed by atoms with Crippen molar-refractivity contribution in [2.24, 2.45) is 0 Å². The molecule has 4 aromatic rings. The van der Waals surface area contributed by atoms with E-state index in [0.29, 0.717) is 26.7 Å². The molecule has 2 aromatic carbocycles. The van der Waals surface area contributed by atoms with E-state index in [1.54, 1.807) is 30.6 Å². The van der Waals surface area contributed by atoms with Crippen molar-refractivity contribution >= 4 is 46.6 Å². The molecular formula is C21H15Cl2N5OS. The van der Waals surface area contributed by atoms with Crippen LogP contribution in [-0.4, -0.2) is 31.4 Å². The van der Waals surface area contributed by atoms with Gasteiger partial charge in [-0.1, -0.05) is 59.2 Å². The van der Waals surface area contributed by atoms with Gasteiger partial charge in [0.1, 0.15) is 0 Å². The number of hydrogen-bond acceptors (Lipinski definition) is 5. The normalized spacial score (nSPS) is 10.7. The second-order valence-corrected chi connectivity index (χ2v) is 7.88. The van der Waals surface area contributed by atoms with E-state index in [-0.39, 0.29) is 11.7 Å². The number of hydrogen-bond donors (Lipinski definition) is 1. The molecule has 0 aliphatic rings. The lowest BCUT2D eigenvalue weighted by Gasteiger charge is -2.11. The Bertz CT molecular complexity index is 1170. The van der Waals surface area contributed by atoms with Gasteiger partial charge in [0.2, 0.25) is 5.91 Å². The van der Waals surface area contributed by atoms with Crippen LogP contribution in [0.1, 0.15) is 0 Å². The smallest absolute Gasteiger partial charge is 0.234 e. The van der Waals surface area contributed by atoms with Crippen molar-refractivity contribution in [3.05, 3.63) is 83.1 Å². The lowest BCUT2D eigenvalue weighted by molar-refractivity contribution is -0.113. The number of halogens is 2. The number of benzene rings is 2. The highest BCUT2D eigenvalue weighted by Gasteiger charge is 2.17. The highest BCUT2D eigenvalue weighted by atomic mass is 35.5. The molecule has 9 heteroatoms. The summed E-state index contributed by atoms with van der Waals surface area (Å²) in [6.07, 6.45) is 3.43. The van der Waals surface area contributed by atoms with Crippen molar-refractivity contribution in [3.63, 3.8) is 0 Å². The zero-order valence-corrected chi connectivity index (χ0v) is 17.8. The molecule has 0 radical (unpaired) electrons. The Morgan fingerprint density at radius 2 is 1.83 bits per heavy atom. The molecule has 1 amide bonds. The van der Waals surface area contributed by atoms with E-state index >= 15 is 0 Å². The molecule has 0 fully saturated rings. The molecule has 0 aliphatic carbocycles. The first kappa shape index (κ1) is 20.4. The molecule has 0 atom stereocenters. The number of pyridine rings is 1. The summed E-state index contributed by atoms with van der Waals surface area (Å²) in [6, 6.07) is 18.6. The van der Waals surface area contributed by atoms with Crippen molar-refractivity contribution in [2.75, 3.05) is 11.1 Å². The summed E-state index contributed by atoms with van der Waals surface area (Å²) in [5.41, 5.74) is 2.19. The zero-order valence-electron chi connectivity index (χ0n) is 15.5. The molecule has 0 aliphatic heterocycles. The van der Waals surface area contributed by atoms with Gasteiger partial charge in [0.15, 0.2) is 11.0 Å². The van der Waals surface area contributed by atoms with E-state index in [2.05, 4.69) is 20.5 Å². The fourth-order valence-corrected chi connectivity index (χ4v) is 3.87. The summed E-state index contributed by atoms with van der Waals surface area (Å²) in [4.78, 5) is 16.6. The average molecular weight is 456 g/mol. The van der Waals surface area contributed by atoms with Crippen LogP contribution in [0.2, 0.25) is 10.0 Å². The SMILES string of the molecule is O=C(CSc1nnc(-c2cccnc2)n1-c1ccccc1)Nc1cccc(Cl)c1Cl. The van der Waals surface area contributed by atoms with Crippen molar-refractivity contribution in [3.8, 4) is 17.1 Å². The molecule has 2 aromatic heterocycles. The monoisotopic (exact) mass is 455 g/mol. The Labute approximate surface area is 187 Å². The Morgan fingerprint density at radius 1 is 1.00 bits per heavy atom. The quantitative estimate of drug-likeness (QED) is 0.395. The first-order valence-corrected chi connectivity index (χ1v) is 10.7. The minimum atomic E-state index is -0.227. The Balaban J connectivity index is 1.58. The summed E-state index contributed by atoms with van der Waals surface area (Å²) in [6.45, 7) is 0. The van der Waals surface area contributed by atoms with Crippen LogP contribution in [-0.2, 0) is 4.79 Å². The number of anilines is 1. The third-order valence-electron chi connectivity index (χ3n) is 4.13. The van der Waals surface area contributed by atoms with Crippen LogP contribution in [0.25, 0.3) is 17.1 Å². The maximum Gasteiger partial charge on any atom is 0.234 e. The van der Waals surface area contributed by atoms with E-state index in [4.69, 9.17) is 23.2 Å². The summed E-state index contributed by atoms with van der Waals surface area (Å²) in [5.74, 6) is 0.547. The maximum absolute atomic E-state index is 12.5. The second-order valence-electron chi connectivity index (χ2n) is 6.16. The van der Waals surface area contributed by atoms with Crippen molar-refractivity contribution < 1.29 is 4.79 Å². The van der Waals surface area contributed by atoms with Crippen LogP contribution in [0.4, 0.5) is 5.69 Å². The van der Waals surface area contributed by atoms with Gasteiger partial charge < -0.3 is 5.32 Å². The molecular weight excluding hydrogens is 441 g/mol. The molecule has 2 heterocycles. The average Bonchev–Trinajstić information content (AvgIpc) is 3.21. The number of aromatic nitrogens is 4. The van der Waals surface area contributed by atoms with E-state index in [1.165, 1.54) is 11.8 Å². The number of thioether (sulfide) groups is 1. The van der Waals surface area contributed by atoms with Gasteiger partial charge in [0.05, 0.1) is 21.5 Å². The fourth-order valence-electron chi connectivity index (χ4n) is 2.77. The molecule has 0 bridgehead atoms. The molecule has 150 valence electrons. The molecule has 0 saturated carbocycles. The highest BCUT2D eigenvalue weighted by molar-refractivity contribution is 7.99. The van der Waals surface area contributed by atoms with Crippen LogP contribution < -0.4 is 5.32 Å². The summed E-state index contributed by atoms with van der Waals surface area (Å²) >= 11 is 13.4. The van der Waals surface area contributed by atoms with Gasteiger partial charge in [-0.05, 0) is 36.4 Å². The van der Waals surface area contributed by atoms with Crippen LogP contribution in [0.5, 0.6) is 0 Å². The van der Waals surface area contributed by atoms with Crippen LogP contribution in [0.15, 0.2) is 78.2 Å². The van der Waals surface area contributed by atoms with Gasteiger partial charge >= 0.3 is 0 Å². The van der Waals surface area contributed by atoms with Crippen molar-refractivity contribution in [1.29, 1.82) is 0 Å². The lowest BCUT2D eigenvalue weighted by atomic mass is 10.2. The van der Waals surface area contributed by atoms with Gasteiger partial charge in [-0.15, -0.1) is 10.2 Å². The highest BCUT2D eigenvalue weighted by Crippen LogP contribution is 2.30. The Morgan fingerprint density at radius 3 is 2.60 bits per heavy atom. The van der Waals surface area contributed by atoms with Gasteiger partial charge in [-0.2, -0.15) is 0 Å². The fraction of sp³-hybridized carbons (Fsp3) is 0.0476.